The summed E-state index contributed by atoms with van der Waals surface area (Å²) in [6.45, 7) is 10.1. The van der Waals surface area contributed by atoms with Crippen LogP contribution in [-0.2, 0) is 0 Å². The van der Waals surface area contributed by atoms with Gasteiger partial charge < -0.3 is 20.6 Å². The number of aliphatic hydroxyl groups is 1. The fraction of sp³-hybridized carbons (Fsp3) is 1.00. The molecule has 108 valence electrons. The maximum absolute atomic E-state index is 10.1. The molecule has 3 N–H and O–H groups in total. The van der Waals surface area contributed by atoms with Gasteiger partial charge in [-0.25, -0.2) is 0 Å². The smallest absolute Gasteiger partial charge is 0.0756 e. The van der Waals surface area contributed by atoms with E-state index in [9.17, 15) is 5.11 Å². The maximum Gasteiger partial charge on any atom is 0.0756 e. The molecule has 2 atom stereocenters. The van der Waals surface area contributed by atoms with Gasteiger partial charge >= 0.3 is 0 Å². The minimum Gasteiger partial charge on any atom is -0.389 e. The lowest BCUT2D eigenvalue weighted by Crippen LogP contribution is -2.49. The van der Waals surface area contributed by atoms with E-state index < -0.39 is 5.60 Å². The van der Waals surface area contributed by atoms with Crippen molar-refractivity contribution in [1.82, 2.24) is 9.80 Å². The van der Waals surface area contributed by atoms with Crippen LogP contribution in [0.3, 0.4) is 0 Å². The van der Waals surface area contributed by atoms with E-state index in [4.69, 9.17) is 5.73 Å². The second-order valence-electron chi connectivity index (χ2n) is 6.09. The SMILES string of the molecule is CCN1CCC(N(C)C(C)CC(C)(O)CN)CC1. The van der Waals surface area contributed by atoms with Gasteiger partial charge in [-0.15, -0.1) is 0 Å². The van der Waals surface area contributed by atoms with Crippen LogP contribution < -0.4 is 5.73 Å². The highest BCUT2D eigenvalue weighted by Gasteiger charge is 2.28. The number of likely N-dealkylation sites (tertiary alicyclic amines) is 1. The van der Waals surface area contributed by atoms with Gasteiger partial charge in [-0.3, -0.25) is 0 Å². The first-order chi connectivity index (χ1) is 8.39. The summed E-state index contributed by atoms with van der Waals surface area (Å²) in [6.07, 6.45) is 3.22. The molecule has 0 aliphatic carbocycles. The molecule has 1 aliphatic heterocycles. The average Bonchev–Trinajstić information content (AvgIpc) is 2.37. The van der Waals surface area contributed by atoms with Crippen LogP contribution in [0.2, 0.25) is 0 Å². The fourth-order valence-electron chi connectivity index (χ4n) is 2.87. The minimum absolute atomic E-state index is 0.333. The predicted molar refractivity (Wildman–Crippen MR) is 76.7 cm³/mol. The summed E-state index contributed by atoms with van der Waals surface area (Å²) >= 11 is 0. The number of rotatable bonds is 6. The highest BCUT2D eigenvalue weighted by Crippen LogP contribution is 2.21. The highest BCUT2D eigenvalue weighted by molar-refractivity contribution is 4.85. The van der Waals surface area contributed by atoms with Crippen LogP contribution in [0.1, 0.15) is 40.0 Å². The Morgan fingerprint density at radius 2 is 2.00 bits per heavy atom. The van der Waals surface area contributed by atoms with Crippen LogP contribution in [-0.4, -0.2) is 65.8 Å². The van der Waals surface area contributed by atoms with Crippen LogP contribution in [0.5, 0.6) is 0 Å². The van der Waals surface area contributed by atoms with E-state index in [1.54, 1.807) is 0 Å². The molecule has 4 nitrogen and oxygen atoms in total. The zero-order chi connectivity index (χ0) is 13.8. The predicted octanol–water partition coefficient (Wildman–Crippen LogP) is 0.891. The Morgan fingerprint density at radius 3 is 2.44 bits per heavy atom. The zero-order valence-corrected chi connectivity index (χ0v) is 12.5. The molecule has 0 aromatic heterocycles. The molecule has 0 radical (unpaired) electrons. The lowest BCUT2D eigenvalue weighted by atomic mass is 9.94. The van der Waals surface area contributed by atoms with Gasteiger partial charge in [0, 0.05) is 18.6 Å². The monoisotopic (exact) mass is 257 g/mol. The van der Waals surface area contributed by atoms with E-state index in [0.717, 1.165) is 13.0 Å². The van der Waals surface area contributed by atoms with Crippen molar-refractivity contribution in [1.29, 1.82) is 0 Å². The van der Waals surface area contributed by atoms with Crippen LogP contribution in [0.15, 0.2) is 0 Å². The second kappa shape index (κ2) is 6.85. The van der Waals surface area contributed by atoms with Gasteiger partial charge in [-0.2, -0.15) is 0 Å². The Kier molecular flexibility index (Phi) is 6.05. The van der Waals surface area contributed by atoms with Crippen LogP contribution in [0.4, 0.5) is 0 Å². The molecule has 1 rings (SSSR count). The lowest BCUT2D eigenvalue weighted by molar-refractivity contribution is 0.0173. The van der Waals surface area contributed by atoms with Gasteiger partial charge in [0.05, 0.1) is 5.60 Å². The lowest BCUT2D eigenvalue weighted by Gasteiger charge is -2.40. The van der Waals surface area contributed by atoms with Crippen molar-refractivity contribution in [3.63, 3.8) is 0 Å². The Balaban J connectivity index is 2.42. The van der Waals surface area contributed by atoms with Crippen LogP contribution >= 0.6 is 0 Å². The first-order valence-corrected chi connectivity index (χ1v) is 7.26. The van der Waals surface area contributed by atoms with Crippen molar-refractivity contribution in [3.8, 4) is 0 Å². The molecule has 0 spiro atoms. The summed E-state index contributed by atoms with van der Waals surface area (Å²) in [4.78, 5) is 4.93. The zero-order valence-electron chi connectivity index (χ0n) is 12.5. The Labute approximate surface area is 112 Å². The van der Waals surface area contributed by atoms with E-state index in [1.807, 2.05) is 6.92 Å². The standard InChI is InChI=1S/C14H31N3O/c1-5-17-8-6-13(7-9-17)16(4)12(2)10-14(3,18)11-15/h12-13,18H,5-11,15H2,1-4H3. The number of nitrogens with two attached hydrogens (primary N) is 1. The third-order valence-electron chi connectivity index (χ3n) is 4.45. The van der Waals surface area contributed by atoms with Crippen molar-refractivity contribution in [3.05, 3.63) is 0 Å². The van der Waals surface area contributed by atoms with E-state index in [-0.39, 0.29) is 0 Å². The van der Waals surface area contributed by atoms with Crippen molar-refractivity contribution in [2.24, 2.45) is 5.73 Å². The summed E-state index contributed by atoms with van der Waals surface area (Å²) in [5, 5.41) is 10.1. The molecule has 0 bridgehead atoms. The number of hydrogen-bond acceptors (Lipinski definition) is 4. The average molecular weight is 257 g/mol. The van der Waals surface area contributed by atoms with Crippen molar-refractivity contribution in [2.45, 2.75) is 57.7 Å². The number of piperidine rings is 1. The normalized spacial score (nSPS) is 24.2. The van der Waals surface area contributed by atoms with Crippen molar-refractivity contribution in [2.75, 3.05) is 33.2 Å². The van der Waals surface area contributed by atoms with Gasteiger partial charge in [0.2, 0.25) is 0 Å². The molecule has 0 saturated carbocycles. The van der Waals surface area contributed by atoms with Crippen molar-refractivity contribution >= 4 is 0 Å². The maximum atomic E-state index is 10.1. The first kappa shape index (κ1) is 15.9. The van der Waals surface area contributed by atoms with E-state index in [0.29, 0.717) is 18.6 Å². The molecule has 4 heteroatoms. The first-order valence-electron chi connectivity index (χ1n) is 7.26. The van der Waals surface area contributed by atoms with Gasteiger partial charge in [0.25, 0.3) is 0 Å². The third kappa shape index (κ3) is 4.50. The van der Waals surface area contributed by atoms with E-state index in [2.05, 4.69) is 30.7 Å². The Morgan fingerprint density at radius 1 is 1.44 bits per heavy atom. The Hall–Kier alpha value is -0.160. The molecule has 0 aromatic carbocycles. The third-order valence-corrected chi connectivity index (χ3v) is 4.45. The van der Waals surface area contributed by atoms with Crippen LogP contribution in [0, 0.1) is 0 Å². The van der Waals surface area contributed by atoms with Gasteiger partial charge in [0.15, 0.2) is 0 Å². The molecular weight excluding hydrogens is 226 g/mol. The van der Waals surface area contributed by atoms with Gasteiger partial charge in [-0.05, 0) is 59.8 Å². The molecule has 0 amide bonds. The summed E-state index contributed by atoms with van der Waals surface area (Å²) in [5.41, 5.74) is 4.86. The van der Waals surface area contributed by atoms with Gasteiger partial charge in [-0.1, -0.05) is 6.92 Å². The molecule has 18 heavy (non-hydrogen) atoms. The molecule has 1 heterocycles. The molecule has 1 fully saturated rings. The molecule has 0 aromatic rings. The van der Waals surface area contributed by atoms with Gasteiger partial charge in [0.1, 0.15) is 0 Å². The second-order valence-corrected chi connectivity index (χ2v) is 6.09. The largest absolute Gasteiger partial charge is 0.389 e. The number of hydrogen-bond donors (Lipinski definition) is 2. The summed E-state index contributed by atoms with van der Waals surface area (Å²) in [5.74, 6) is 0. The quantitative estimate of drug-likeness (QED) is 0.742. The topological polar surface area (TPSA) is 52.7 Å². The fourth-order valence-corrected chi connectivity index (χ4v) is 2.87. The molecule has 1 saturated heterocycles. The number of nitrogens with zero attached hydrogens (tertiary/aromatic N) is 2. The summed E-state index contributed by atoms with van der Waals surface area (Å²) < 4.78 is 0. The molecule has 1 aliphatic rings. The summed E-state index contributed by atoms with van der Waals surface area (Å²) in [6, 6.07) is 1.03. The Bertz CT molecular complexity index is 237. The molecule has 2 unspecified atom stereocenters. The van der Waals surface area contributed by atoms with Crippen molar-refractivity contribution < 1.29 is 5.11 Å². The summed E-state index contributed by atoms with van der Waals surface area (Å²) in [7, 11) is 2.18. The highest BCUT2D eigenvalue weighted by atomic mass is 16.3. The molecular formula is C14H31N3O. The minimum atomic E-state index is -0.738. The van der Waals surface area contributed by atoms with Crippen LogP contribution in [0.25, 0.3) is 0 Å². The van der Waals surface area contributed by atoms with E-state index in [1.165, 1.54) is 25.9 Å². The van der Waals surface area contributed by atoms with E-state index >= 15 is 0 Å².